The van der Waals surface area contributed by atoms with E-state index in [2.05, 4.69) is 0 Å². The number of esters is 5. The molecule has 0 aliphatic carbocycles. The van der Waals surface area contributed by atoms with E-state index in [0.29, 0.717) is 25.7 Å². The highest BCUT2D eigenvalue weighted by atomic mass is 16.6. The lowest BCUT2D eigenvalue weighted by atomic mass is 9.99. The first kappa shape index (κ1) is 46.1. The molecule has 15 heteroatoms. The van der Waals surface area contributed by atoms with E-state index in [-0.39, 0.29) is 0 Å². The van der Waals surface area contributed by atoms with Crippen LogP contribution in [-0.4, -0.2) is 117 Å². The Morgan fingerprint density at radius 1 is 0.490 bits per heavy atom. The van der Waals surface area contributed by atoms with Crippen LogP contribution in [0.2, 0.25) is 0 Å². The van der Waals surface area contributed by atoms with Crippen LogP contribution in [0.3, 0.4) is 0 Å². The van der Waals surface area contributed by atoms with Gasteiger partial charge in [0.2, 0.25) is 24.4 Å². The number of carbonyl (C=O) groups excluding carboxylic acids is 5. The largest absolute Gasteiger partial charge is 0.460 e. The molecule has 0 aromatic carbocycles. The van der Waals surface area contributed by atoms with Crippen LogP contribution in [0, 0.1) is 29.6 Å². The summed E-state index contributed by atoms with van der Waals surface area (Å²) in [4.78, 5) is 65.8. The number of hydrogen-bond acceptors (Lipinski definition) is 15. The molecule has 0 aromatic heterocycles. The minimum Gasteiger partial charge on any atom is -0.460 e. The van der Waals surface area contributed by atoms with Crippen LogP contribution >= 0.6 is 0 Å². The van der Waals surface area contributed by atoms with Crippen molar-refractivity contribution in [3.05, 3.63) is 0 Å². The van der Waals surface area contributed by atoms with Gasteiger partial charge < -0.3 is 49.2 Å². The summed E-state index contributed by atoms with van der Waals surface area (Å²) in [5, 5.41) is 48.6. The maximum atomic E-state index is 13.6. The number of ether oxygens (including phenoxy) is 5. The summed E-state index contributed by atoms with van der Waals surface area (Å²) in [6.45, 7) is 15.0. The van der Waals surface area contributed by atoms with Crippen LogP contribution < -0.4 is 0 Å². The molecule has 0 aliphatic heterocycles. The molecule has 286 valence electrons. The summed E-state index contributed by atoms with van der Waals surface area (Å²) in [7, 11) is 0. The third kappa shape index (κ3) is 14.5. The molecule has 12 unspecified atom stereocenters. The van der Waals surface area contributed by atoms with Gasteiger partial charge in [-0.25, -0.2) is 24.0 Å². The number of aliphatic hydroxyl groups is 5. The topological polar surface area (TPSA) is 233 Å². The number of aliphatic hydroxyl groups excluding tert-OH is 5. The number of carbonyl (C=O) groups is 5. The zero-order chi connectivity index (χ0) is 38.2. The maximum Gasteiger partial charge on any atom is 0.348 e. The molecule has 0 saturated heterocycles. The highest BCUT2D eigenvalue weighted by molar-refractivity contribution is 5.87. The monoisotopic (exact) mass is 708 g/mol. The summed E-state index contributed by atoms with van der Waals surface area (Å²) < 4.78 is 27.0. The first-order valence-corrected chi connectivity index (χ1v) is 17.1. The van der Waals surface area contributed by atoms with Crippen molar-refractivity contribution in [2.45, 2.75) is 144 Å². The molecule has 0 amide bonds. The Hall–Kier alpha value is -2.85. The van der Waals surface area contributed by atoms with Crippen LogP contribution in [0.15, 0.2) is 0 Å². The highest BCUT2D eigenvalue weighted by Crippen LogP contribution is 2.23. The van der Waals surface area contributed by atoms with E-state index < -0.39 is 121 Å². The Morgan fingerprint density at radius 3 is 1.18 bits per heavy atom. The molecule has 0 radical (unpaired) electrons. The Balaban J connectivity index is 6.07. The summed E-state index contributed by atoms with van der Waals surface area (Å²) in [5.41, 5.74) is 0. The van der Waals surface area contributed by atoms with Crippen molar-refractivity contribution in [1.82, 2.24) is 0 Å². The van der Waals surface area contributed by atoms with Gasteiger partial charge in [0.15, 0.2) is 6.10 Å². The van der Waals surface area contributed by atoms with Crippen molar-refractivity contribution < 1.29 is 73.2 Å². The molecular formula is C34H60O15. The molecule has 49 heavy (non-hydrogen) atoms. The molecular weight excluding hydrogens is 648 g/mol. The van der Waals surface area contributed by atoms with Crippen molar-refractivity contribution in [3.8, 4) is 0 Å². The van der Waals surface area contributed by atoms with Gasteiger partial charge in [-0.2, -0.15) is 0 Å². The Morgan fingerprint density at radius 2 is 0.837 bits per heavy atom. The highest BCUT2D eigenvalue weighted by Gasteiger charge is 2.41. The van der Waals surface area contributed by atoms with Gasteiger partial charge in [-0.1, -0.05) is 75.7 Å². The van der Waals surface area contributed by atoms with E-state index >= 15 is 0 Å². The summed E-state index contributed by atoms with van der Waals surface area (Å²) >= 11 is 0. The van der Waals surface area contributed by atoms with Crippen LogP contribution in [0.4, 0.5) is 0 Å². The number of hydrogen-bond donors (Lipinski definition) is 5. The first-order chi connectivity index (χ1) is 22.8. The summed E-state index contributed by atoms with van der Waals surface area (Å²) in [5.74, 6) is -8.10. The van der Waals surface area contributed by atoms with Crippen molar-refractivity contribution >= 4 is 29.8 Å². The standard InChI is InChI=1S/C34H60O15/c1-11-18(7)24(38)30(40)46-26(17(5)6)32(42)48-28(20(9)13-3)34(44)49-29(21(10)14-4)33(43)47-27(19(8)12-2)31(41)45-16-23(37)25(39)22(36)15-35/h17-29,35-39H,11-16H2,1-10H3. The predicted octanol–water partition coefficient (Wildman–Crippen LogP) is 1.45. The molecule has 12 atom stereocenters. The fourth-order valence-electron chi connectivity index (χ4n) is 4.23. The van der Waals surface area contributed by atoms with Crippen LogP contribution in [-0.2, 0) is 47.7 Å². The lowest BCUT2D eigenvalue weighted by Gasteiger charge is -2.30. The first-order valence-electron chi connectivity index (χ1n) is 17.1. The third-order valence-corrected chi connectivity index (χ3v) is 8.79. The van der Waals surface area contributed by atoms with E-state index in [9.17, 15) is 44.4 Å². The molecule has 15 nitrogen and oxygen atoms in total. The molecule has 5 N–H and O–H groups in total. The molecule has 0 spiro atoms. The fourth-order valence-corrected chi connectivity index (χ4v) is 4.23. The van der Waals surface area contributed by atoms with Crippen molar-refractivity contribution in [2.75, 3.05) is 13.2 Å². The van der Waals surface area contributed by atoms with E-state index in [1.54, 1.807) is 69.2 Å². The van der Waals surface area contributed by atoms with Gasteiger partial charge in [0.25, 0.3) is 0 Å². The SMILES string of the molecule is CCC(C)C(O)C(=O)OC(C(=O)OC(C(=O)OC(C(=O)OC(C(=O)OCC(O)C(O)C(O)CO)C(C)CC)C(C)CC)C(C)CC)C(C)C. The fraction of sp³-hybridized carbons (Fsp3) is 0.853. The zero-order valence-corrected chi connectivity index (χ0v) is 30.6. The molecule has 0 heterocycles. The molecule has 0 saturated carbocycles. The minimum atomic E-state index is -1.82. The Labute approximate surface area is 289 Å². The van der Waals surface area contributed by atoms with E-state index in [4.69, 9.17) is 28.8 Å². The van der Waals surface area contributed by atoms with Crippen LogP contribution in [0.5, 0.6) is 0 Å². The second kappa shape index (κ2) is 22.8. The lowest BCUT2D eigenvalue weighted by Crippen LogP contribution is -2.46. The summed E-state index contributed by atoms with van der Waals surface area (Å²) in [6, 6.07) is 0. The van der Waals surface area contributed by atoms with Gasteiger partial charge in [0.05, 0.1) is 6.61 Å². The van der Waals surface area contributed by atoms with Gasteiger partial charge >= 0.3 is 29.8 Å². The summed E-state index contributed by atoms with van der Waals surface area (Å²) in [6.07, 6.45) is -11.2. The molecule has 0 aliphatic rings. The van der Waals surface area contributed by atoms with Crippen molar-refractivity contribution in [2.24, 2.45) is 29.6 Å². The third-order valence-electron chi connectivity index (χ3n) is 8.79. The van der Waals surface area contributed by atoms with Gasteiger partial charge in [-0.15, -0.1) is 0 Å². The van der Waals surface area contributed by atoms with Crippen LogP contribution in [0.25, 0.3) is 0 Å². The van der Waals surface area contributed by atoms with Crippen LogP contribution in [0.1, 0.15) is 94.9 Å². The minimum absolute atomic E-state index is 0.334. The quantitative estimate of drug-likeness (QED) is 0.0747. The molecule has 0 fully saturated rings. The maximum absolute atomic E-state index is 13.6. The molecule has 0 bridgehead atoms. The van der Waals surface area contributed by atoms with Crippen molar-refractivity contribution in [1.29, 1.82) is 0 Å². The van der Waals surface area contributed by atoms with E-state index in [1.165, 1.54) is 0 Å². The van der Waals surface area contributed by atoms with Gasteiger partial charge in [0.1, 0.15) is 24.9 Å². The zero-order valence-electron chi connectivity index (χ0n) is 30.6. The van der Waals surface area contributed by atoms with E-state index in [0.717, 1.165) is 0 Å². The van der Waals surface area contributed by atoms with Crippen molar-refractivity contribution in [3.63, 3.8) is 0 Å². The second-order valence-electron chi connectivity index (χ2n) is 13.1. The second-order valence-corrected chi connectivity index (χ2v) is 13.1. The average Bonchev–Trinajstić information content (AvgIpc) is 3.09. The Bertz CT molecular complexity index is 1030. The average molecular weight is 709 g/mol. The predicted molar refractivity (Wildman–Crippen MR) is 174 cm³/mol. The van der Waals surface area contributed by atoms with Gasteiger partial charge in [-0.05, 0) is 25.2 Å². The normalized spacial score (nSPS) is 19.0. The van der Waals surface area contributed by atoms with E-state index in [1.807, 2.05) is 0 Å². The molecule has 0 rings (SSSR count). The van der Waals surface area contributed by atoms with Gasteiger partial charge in [0, 0.05) is 23.7 Å². The van der Waals surface area contributed by atoms with Gasteiger partial charge in [-0.3, -0.25) is 0 Å². The Kier molecular flexibility index (Phi) is 21.5. The number of rotatable bonds is 23. The lowest BCUT2D eigenvalue weighted by molar-refractivity contribution is -0.196. The smallest absolute Gasteiger partial charge is 0.348 e. The molecule has 0 aromatic rings.